The highest BCUT2D eigenvalue weighted by Crippen LogP contribution is 2.47. The first kappa shape index (κ1) is 16.2. The summed E-state index contributed by atoms with van der Waals surface area (Å²) in [6.45, 7) is 0. The number of aromatic nitrogens is 1. The van der Waals surface area contributed by atoms with Crippen molar-refractivity contribution in [3.05, 3.63) is 24.5 Å². The molecule has 4 atom stereocenters. The standard InChI is InChI=1S/C13H17N3O.2ClH/c14-12-9-2-1-8(7-9)11(12)13(17)16-10-3-5-15-6-4-10;;/h3-6,8-9,11-12H,1-2,7,14H2,(H,15,16,17);2*1H. The molecule has 0 saturated heterocycles. The lowest BCUT2D eigenvalue weighted by Gasteiger charge is -2.26. The number of carbonyl (C=O) groups is 1. The number of nitrogens with one attached hydrogen (secondary N) is 1. The van der Waals surface area contributed by atoms with E-state index in [0.717, 1.165) is 18.5 Å². The van der Waals surface area contributed by atoms with Gasteiger partial charge in [0.05, 0.1) is 5.92 Å². The molecule has 0 aliphatic heterocycles. The molecule has 4 nitrogen and oxygen atoms in total. The number of rotatable bonds is 2. The van der Waals surface area contributed by atoms with Crippen LogP contribution >= 0.6 is 24.8 Å². The first-order valence-corrected chi connectivity index (χ1v) is 6.22. The van der Waals surface area contributed by atoms with Crippen molar-refractivity contribution in [3.8, 4) is 0 Å². The summed E-state index contributed by atoms with van der Waals surface area (Å²) in [7, 11) is 0. The summed E-state index contributed by atoms with van der Waals surface area (Å²) in [5, 5.41) is 2.94. The Morgan fingerprint density at radius 2 is 1.84 bits per heavy atom. The second-order valence-corrected chi connectivity index (χ2v) is 5.16. The average Bonchev–Trinajstić information content (AvgIpc) is 2.90. The fraction of sp³-hybridized carbons (Fsp3) is 0.538. The van der Waals surface area contributed by atoms with Crippen LogP contribution in [0, 0.1) is 17.8 Å². The quantitative estimate of drug-likeness (QED) is 0.880. The van der Waals surface area contributed by atoms with Crippen LogP contribution < -0.4 is 11.1 Å². The summed E-state index contributed by atoms with van der Waals surface area (Å²) in [5.41, 5.74) is 6.95. The number of amides is 1. The number of pyridine rings is 1. The number of hydrogen-bond acceptors (Lipinski definition) is 3. The number of nitrogens with zero attached hydrogens (tertiary/aromatic N) is 1. The van der Waals surface area contributed by atoms with Gasteiger partial charge in [0.25, 0.3) is 0 Å². The van der Waals surface area contributed by atoms with Gasteiger partial charge in [-0.15, -0.1) is 24.8 Å². The third-order valence-corrected chi connectivity index (χ3v) is 4.23. The van der Waals surface area contributed by atoms with Crippen molar-refractivity contribution < 1.29 is 4.79 Å². The minimum absolute atomic E-state index is 0. The van der Waals surface area contributed by atoms with Crippen LogP contribution in [0.3, 0.4) is 0 Å². The molecule has 0 aromatic carbocycles. The van der Waals surface area contributed by atoms with E-state index < -0.39 is 0 Å². The molecule has 3 rings (SSSR count). The SMILES string of the molecule is Cl.Cl.NC1C2CCC(C2)C1C(=O)Nc1ccncc1. The van der Waals surface area contributed by atoms with Gasteiger partial charge >= 0.3 is 0 Å². The van der Waals surface area contributed by atoms with Crippen LogP contribution in [-0.2, 0) is 4.79 Å². The van der Waals surface area contributed by atoms with E-state index in [2.05, 4.69) is 10.3 Å². The number of fused-ring (bicyclic) bond motifs is 2. The zero-order valence-electron chi connectivity index (χ0n) is 10.5. The van der Waals surface area contributed by atoms with Crippen LogP contribution in [0.15, 0.2) is 24.5 Å². The van der Waals surface area contributed by atoms with Crippen LogP contribution in [0.4, 0.5) is 5.69 Å². The summed E-state index contributed by atoms with van der Waals surface area (Å²) in [6.07, 6.45) is 6.85. The van der Waals surface area contributed by atoms with E-state index in [4.69, 9.17) is 5.73 Å². The zero-order valence-corrected chi connectivity index (χ0v) is 12.1. The molecule has 2 aliphatic carbocycles. The molecule has 19 heavy (non-hydrogen) atoms. The number of carbonyl (C=O) groups excluding carboxylic acids is 1. The molecule has 1 amide bonds. The Bertz CT molecular complexity index is 427. The molecule has 2 saturated carbocycles. The highest BCUT2D eigenvalue weighted by atomic mass is 35.5. The fourth-order valence-electron chi connectivity index (χ4n) is 3.39. The summed E-state index contributed by atoms with van der Waals surface area (Å²) in [6, 6.07) is 3.66. The molecular formula is C13H19Cl2N3O. The normalized spacial score (nSPS) is 31.2. The lowest BCUT2D eigenvalue weighted by atomic mass is 9.84. The third-order valence-electron chi connectivity index (χ3n) is 4.23. The lowest BCUT2D eigenvalue weighted by molar-refractivity contribution is -0.121. The van der Waals surface area contributed by atoms with Crippen molar-refractivity contribution in [2.45, 2.75) is 25.3 Å². The van der Waals surface area contributed by atoms with Crippen molar-refractivity contribution in [2.24, 2.45) is 23.5 Å². The van der Waals surface area contributed by atoms with E-state index >= 15 is 0 Å². The van der Waals surface area contributed by atoms with Gasteiger partial charge < -0.3 is 11.1 Å². The smallest absolute Gasteiger partial charge is 0.229 e. The average molecular weight is 304 g/mol. The van der Waals surface area contributed by atoms with Gasteiger partial charge in [0, 0.05) is 24.1 Å². The Balaban J connectivity index is 0.000000902. The van der Waals surface area contributed by atoms with Crippen LogP contribution in [0.2, 0.25) is 0 Å². The fourth-order valence-corrected chi connectivity index (χ4v) is 3.39. The Morgan fingerprint density at radius 3 is 2.42 bits per heavy atom. The second kappa shape index (κ2) is 6.55. The van der Waals surface area contributed by atoms with Crippen molar-refractivity contribution in [1.29, 1.82) is 0 Å². The molecule has 4 unspecified atom stereocenters. The molecule has 106 valence electrons. The van der Waals surface area contributed by atoms with Crippen LogP contribution in [-0.4, -0.2) is 16.9 Å². The van der Waals surface area contributed by atoms with Crippen molar-refractivity contribution >= 4 is 36.4 Å². The van der Waals surface area contributed by atoms with Gasteiger partial charge in [0.1, 0.15) is 0 Å². The topological polar surface area (TPSA) is 68.0 Å². The van der Waals surface area contributed by atoms with Crippen molar-refractivity contribution in [1.82, 2.24) is 4.98 Å². The number of hydrogen-bond donors (Lipinski definition) is 2. The van der Waals surface area contributed by atoms with E-state index in [9.17, 15) is 4.79 Å². The maximum atomic E-state index is 12.2. The highest BCUT2D eigenvalue weighted by Gasteiger charge is 2.48. The van der Waals surface area contributed by atoms with Crippen molar-refractivity contribution in [3.63, 3.8) is 0 Å². The predicted octanol–water partition coefficient (Wildman–Crippen LogP) is 2.24. The number of halogens is 2. The largest absolute Gasteiger partial charge is 0.327 e. The second-order valence-electron chi connectivity index (χ2n) is 5.16. The molecule has 0 spiro atoms. The molecular weight excluding hydrogens is 285 g/mol. The van der Waals surface area contributed by atoms with Gasteiger partial charge in [-0.25, -0.2) is 0 Å². The summed E-state index contributed by atoms with van der Waals surface area (Å²) in [5.74, 6) is 1.14. The Kier molecular flexibility index (Phi) is 5.59. The van der Waals surface area contributed by atoms with Gasteiger partial charge in [-0.3, -0.25) is 9.78 Å². The summed E-state index contributed by atoms with van der Waals surface area (Å²) in [4.78, 5) is 16.1. The van der Waals surface area contributed by atoms with Crippen LogP contribution in [0.25, 0.3) is 0 Å². The third kappa shape index (κ3) is 3.02. The molecule has 2 fully saturated rings. The van der Waals surface area contributed by atoms with E-state index in [1.54, 1.807) is 24.5 Å². The zero-order chi connectivity index (χ0) is 11.8. The van der Waals surface area contributed by atoms with E-state index in [1.807, 2.05) is 0 Å². The molecule has 1 aromatic heterocycles. The number of anilines is 1. The maximum Gasteiger partial charge on any atom is 0.229 e. The van der Waals surface area contributed by atoms with Gasteiger partial charge in [0.15, 0.2) is 0 Å². The Morgan fingerprint density at radius 1 is 1.21 bits per heavy atom. The number of nitrogens with two attached hydrogens (primary N) is 1. The summed E-state index contributed by atoms with van der Waals surface area (Å²) < 4.78 is 0. The molecule has 2 bridgehead atoms. The van der Waals surface area contributed by atoms with Gasteiger partial charge in [-0.05, 0) is 43.2 Å². The minimum atomic E-state index is 0. The molecule has 1 aromatic rings. The monoisotopic (exact) mass is 303 g/mol. The molecule has 2 aliphatic rings. The van der Waals surface area contributed by atoms with Crippen LogP contribution in [0.5, 0.6) is 0 Å². The van der Waals surface area contributed by atoms with Crippen molar-refractivity contribution in [2.75, 3.05) is 5.32 Å². The lowest BCUT2D eigenvalue weighted by Crippen LogP contribution is -2.42. The molecule has 0 radical (unpaired) electrons. The first-order chi connectivity index (χ1) is 8.25. The minimum Gasteiger partial charge on any atom is -0.327 e. The maximum absolute atomic E-state index is 12.2. The first-order valence-electron chi connectivity index (χ1n) is 6.22. The molecule has 3 N–H and O–H groups in total. The molecule has 6 heteroatoms. The molecule has 1 heterocycles. The predicted molar refractivity (Wildman–Crippen MR) is 79.7 cm³/mol. The van der Waals surface area contributed by atoms with Gasteiger partial charge in [0.2, 0.25) is 5.91 Å². The Labute approximate surface area is 125 Å². The van der Waals surface area contributed by atoms with E-state index in [0.29, 0.717) is 11.8 Å². The van der Waals surface area contributed by atoms with E-state index in [1.165, 1.54) is 6.42 Å². The van der Waals surface area contributed by atoms with E-state index in [-0.39, 0.29) is 42.7 Å². The van der Waals surface area contributed by atoms with Gasteiger partial charge in [-0.2, -0.15) is 0 Å². The van der Waals surface area contributed by atoms with Gasteiger partial charge in [-0.1, -0.05) is 0 Å². The Hall–Kier alpha value is -0.840. The van der Waals surface area contributed by atoms with Crippen LogP contribution in [0.1, 0.15) is 19.3 Å². The summed E-state index contributed by atoms with van der Waals surface area (Å²) >= 11 is 0. The highest BCUT2D eigenvalue weighted by molar-refractivity contribution is 5.93.